The van der Waals surface area contributed by atoms with Crippen LogP contribution in [0.3, 0.4) is 0 Å². The molecule has 0 atom stereocenters. The van der Waals surface area contributed by atoms with Crippen LogP contribution in [0, 0.1) is 0 Å². The predicted octanol–water partition coefficient (Wildman–Crippen LogP) is 4.00. The van der Waals surface area contributed by atoms with E-state index in [1.807, 2.05) is 24.3 Å². The summed E-state index contributed by atoms with van der Waals surface area (Å²) in [6.45, 7) is 1.89. The lowest BCUT2D eigenvalue weighted by Gasteiger charge is -2.35. The molecule has 5 rings (SSSR count). The van der Waals surface area contributed by atoms with Crippen molar-refractivity contribution >= 4 is 33.4 Å². The average molecular weight is 426 g/mol. The first-order valence-corrected chi connectivity index (χ1v) is 10.5. The third-order valence-electron chi connectivity index (χ3n) is 6.00. The topological polar surface area (TPSA) is 81.1 Å². The van der Waals surface area contributed by atoms with Crippen molar-refractivity contribution in [3.8, 4) is 11.5 Å². The second-order valence-electron chi connectivity index (χ2n) is 8.08. The Bertz CT molecular complexity index is 1250. The fraction of sp³-hybridized carbons (Fsp3) is 0.154. The fourth-order valence-electron chi connectivity index (χ4n) is 4.21. The molecule has 4 aromatic carbocycles. The predicted molar refractivity (Wildman–Crippen MR) is 123 cm³/mol. The molecule has 2 amide bonds. The molecule has 2 N–H and O–H groups in total. The summed E-state index contributed by atoms with van der Waals surface area (Å²) in [6, 6.07) is 21.0. The van der Waals surface area contributed by atoms with E-state index in [0.717, 1.165) is 21.5 Å². The number of fused-ring (bicyclic) bond motifs is 2. The van der Waals surface area contributed by atoms with Crippen molar-refractivity contribution in [1.82, 2.24) is 9.80 Å². The van der Waals surface area contributed by atoms with Gasteiger partial charge in [-0.05, 0) is 70.1 Å². The van der Waals surface area contributed by atoms with Crippen molar-refractivity contribution in [3.05, 3.63) is 83.9 Å². The number of amides is 2. The first kappa shape index (κ1) is 19.9. The Hall–Kier alpha value is -4.06. The van der Waals surface area contributed by atoms with E-state index in [-0.39, 0.29) is 23.3 Å². The molecule has 0 radical (unpaired) electrons. The second-order valence-corrected chi connectivity index (χ2v) is 8.08. The number of phenols is 2. The molecule has 1 saturated heterocycles. The minimum Gasteiger partial charge on any atom is -0.508 e. The molecule has 0 aromatic heterocycles. The van der Waals surface area contributed by atoms with Crippen LogP contribution in [-0.2, 0) is 0 Å². The van der Waals surface area contributed by atoms with Crippen molar-refractivity contribution in [2.45, 2.75) is 0 Å². The van der Waals surface area contributed by atoms with E-state index >= 15 is 0 Å². The lowest BCUT2D eigenvalue weighted by atomic mass is 10.0. The monoisotopic (exact) mass is 426 g/mol. The maximum Gasteiger partial charge on any atom is 0.253 e. The van der Waals surface area contributed by atoms with Gasteiger partial charge >= 0.3 is 0 Å². The highest BCUT2D eigenvalue weighted by Crippen LogP contribution is 2.24. The number of piperazine rings is 1. The van der Waals surface area contributed by atoms with Gasteiger partial charge < -0.3 is 20.0 Å². The maximum absolute atomic E-state index is 13.0. The van der Waals surface area contributed by atoms with Crippen molar-refractivity contribution < 1.29 is 19.8 Å². The average Bonchev–Trinajstić information content (AvgIpc) is 2.82. The van der Waals surface area contributed by atoms with Gasteiger partial charge in [0.2, 0.25) is 0 Å². The van der Waals surface area contributed by atoms with E-state index in [0.29, 0.717) is 37.3 Å². The fourth-order valence-corrected chi connectivity index (χ4v) is 4.21. The van der Waals surface area contributed by atoms with Crippen molar-refractivity contribution in [2.75, 3.05) is 26.2 Å². The van der Waals surface area contributed by atoms with Gasteiger partial charge in [-0.1, -0.05) is 24.3 Å². The molecule has 1 heterocycles. The largest absolute Gasteiger partial charge is 0.508 e. The molecule has 6 nitrogen and oxygen atoms in total. The Morgan fingerprint density at radius 3 is 1.28 bits per heavy atom. The van der Waals surface area contributed by atoms with Crippen LogP contribution < -0.4 is 0 Å². The smallest absolute Gasteiger partial charge is 0.253 e. The minimum absolute atomic E-state index is 0.0578. The van der Waals surface area contributed by atoms with E-state index in [9.17, 15) is 19.8 Å². The zero-order valence-electron chi connectivity index (χ0n) is 17.4. The second kappa shape index (κ2) is 7.89. The van der Waals surface area contributed by atoms with Crippen molar-refractivity contribution in [1.29, 1.82) is 0 Å². The van der Waals surface area contributed by atoms with Crippen LogP contribution >= 0.6 is 0 Å². The van der Waals surface area contributed by atoms with Crippen molar-refractivity contribution in [2.24, 2.45) is 0 Å². The first-order valence-electron chi connectivity index (χ1n) is 10.5. The van der Waals surface area contributed by atoms with Crippen LogP contribution in [0.5, 0.6) is 11.5 Å². The summed E-state index contributed by atoms with van der Waals surface area (Å²) in [5.41, 5.74) is 1.20. The summed E-state index contributed by atoms with van der Waals surface area (Å²) in [6.07, 6.45) is 0. The van der Waals surface area contributed by atoms with E-state index in [1.165, 1.54) is 0 Å². The molecular formula is C26H22N2O4. The summed E-state index contributed by atoms with van der Waals surface area (Å²) in [5, 5.41) is 22.8. The van der Waals surface area contributed by atoms with Gasteiger partial charge in [-0.15, -0.1) is 0 Å². The molecule has 0 saturated carbocycles. The van der Waals surface area contributed by atoms with Gasteiger partial charge in [0.1, 0.15) is 11.5 Å². The van der Waals surface area contributed by atoms with Gasteiger partial charge in [-0.25, -0.2) is 0 Å². The number of phenolic OH excluding ortho intramolecular Hbond substituents is 2. The van der Waals surface area contributed by atoms with E-state index < -0.39 is 0 Å². The lowest BCUT2D eigenvalue weighted by molar-refractivity contribution is 0.0535. The molecule has 0 unspecified atom stereocenters. The Morgan fingerprint density at radius 1 is 0.531 bits per heavy atom. The quantitative estimate of drug-likeness (QED) is 0.508. The van der Waals surface area contributed by atoms with Crippen LogP contribution in [0.25, 0.3) is 21.5 Å². The highest BCUT2D eigenvalue weighted by Gasteiger charge is 2.25. The summed E-state index contributed by atoms with van der Waals surface area (Å²) in [7, 11) is 0. The summed E-state index contributed by atoms with van der Waals surface area (Å²) in [5.74, 6) is 0.277. The van der Waals surface area contributed by atoms with Gasteiger partial charge in [-0.2, -0.15) is 0 Å². The highest BCUT2D eigenvalue weighted by molar-refractivity contribution is 6.00. The number of nitrogens with zero attached hydrogens (tertiary/aromatic N) is 2. The molecule has 0 spiro atoms. The summed E-state index contributed by atoms with van der Waals surface area (Å²) >= 11 is 0. The third-order valence-corrected chi connectivity index (χ3v) is 6.00. The molecule has 4 aromatic rings. The van der Waals surface area contributed by atoms with Crippen LogP contribution in [0.2, 0.25) is 0 Å². The molecule has 160 valence electrons. The Balaban J connectivity index is 1.27. The number of rotatable bonds is 2. The van der Waals surface area contributed by atoms with Crippen LogP contribution in [0.1, 0.15) is 20.7 Å². The number of aromatic hydroxyl groups is 2. The number of carbonyl (C=O) groups is 2. The lowest BCUT2D eigenvalue weighted by Crippen LogP contribution is -2.50. The number of hydrogen-bond acceptors (Lipinski definition) is 4. The van der Waals surface area contributed by atoms with Gasteiger partial charge in [0.25, 0.3) is 11.8 Å². The zero-order valence-corrected chi connectivity index (χ0v) is 17.4. The molecule has 6 heteroatoms. The molecular weight excluding hydrogens is 404 g/mol. The minimum atomic E-state index is -0.0578. The Labute approximate surface area is 184 Å². The van der Waals surface area contributed by atoms with E-state index in [2.05, 4.69) is 0 Å². The van der Waals surface area contributed by atoms with Crippen molar-refractivity contribution in [3.63, 3.8) is 0 Å². The van der Waals surface area contributed by atoms with Gasteiger partial charge in [0, 0.05) is 37.3 Å². The first-order chi connectivity index (χ1) is 15.5. The summed E-state index contributed by atoms with van der Waals surface area (Å²) in [4.78, 5) is 29.5. The van der Waals surface area contributed by atoms with Gasteiger partial charge in [-0.3, -0.25) is 9.59 Å². The highest BCUT2D eigenvalue weighted by atomic mass is 16.3. The zero-order chi connectivity index (χ0) is 22.2. The normalized spacial score (nSPS) is 14.1. The maximum atomic E-state index is 13.0. The SMILES string of the molecule is O=C(c1ccc2cc(O)ccc2c1)N1CCN(C(=O)c2ccc3cc(O)ccc3c2)CC1. The van der Waals surface area contributed by atoms with E-state index in [4.69, 9.17) is 0 Å². The standard InChI is InChI=1S/C26H22N2O4/c29-23-7-5-17-13-21(3-1-19(17)15-23)25(31)27-9-11-28(12-10-27)26(32)22-4-2-20-16-24(30)8-6-18(20)14-22/h1-8,13-16,29-30H,9-12H2. The van der Waals surface area contributed by atoms with E-state index in [1.54, 1.807) is 58.3 Å². The Kier molecular flexibility index (Phi) is 4.90. The van der Waals surface area contributed by atoms with Gasteiger partial charge in [0.15, 0.2) is 0 Å². The van der Waals surface area contributed by atoms with Crippen LogP contribution in [-0.4, -0.2) is 58.0 Å². The Morgan fingerprint density at radius 2 is 0.875 bits per heavy atom. The third kappa shape index (κ3) is 3.71. The van der Waals surface area contributed by atoms with Gasteiger partial charge in [0.05, 0.1) is 0 Å². The number of benzene rings is 4. The molecule has 1 fully saturated rings. The number of hydrogen-bond donors (Lipinski definition) is 2. The molecule has 32 heavy (non-hydrogen) atoms. The van der Waals surface area contributed by atoms with Crippen LogP contribution in [0.4, 0.5) is 0 Å². The molecule has 1 aliphatic rings. The molecule has 0 aliphatic carbocycles. The molecule has 1 aliphatic heterocycles. The summed E-state index contributed by atoms with van der Waals surface area (Å²) < 4.78 is 0. The number of carbonyl (C=O) groups excluding carboxylic acids is 2. The molecule has 0 bridgehead atoms. The van der Waals surface area contributed by atoms with Crippen LogP contribution in [0.15, 0.2) is 72.8 Å².